The number of rotatable bonds is 1. The Balaban J connectivity index is 2.52. The Kier molecular flexibility index (Phi) is 2.94. The van der Waals surface area contributed by atoms with Crippen molar-refractivity contribution in [2.45, 2.75) is 13.1 Å². The van der Waals surface area contributed by atoms with Crippen LogP contribution < -0.4 is 5.73 Å². The highest BCUT2D eigenvalue weighted by Gasteiger charge is 2.33. The van der Waals surface area contributed by atoms with Crippen molar-refractivity contribution < 1.29 is 13.2 Å². The second-order valence-electron chi connectivity index (χ2n) is 3.86. The first-order chi connectivity index (χ1) is 8.36. The van der Waals surface area contributed by atoms with E-state index in [-0.39, 0.29) is 11.6 Å². The average molecular weight is 253 g/mol. The van der Waals surface area contributed by atoms with Gasteiger partial charge < -0.3 is 5.73 Å². The third kappa shape index (κ3) is 2.58. The van der Waals surface area contributed by atoms with Crippen molar-refractivity contribution in [3.8, 4) is 11.3 Å². The Morgan fingerprint density at radius 1 is 1.06 bits per heavy atom. The molecule has 1 aromatic carbocycles. The minimum atomic E-state index is -4.53. The zero-order chi connectivity index (χ0) is 13.3. The van der Waals surface area contributed by atoms with Gasteiger partial charge in [-0.2, -0.15) is 13.2 Å². The van der Waals surface area contributed by atoms with Gasteiger partial charge in [0.25, 0.3) is 0 Å². The highest BCUT2D eigenvalue weighted by Crippen LogP contribution is 2.30. The molecule has 3 nitrogen and oxygen atoms in total. The van der Waals surface area contributed by atoms with Crippen LogP contribution >= 0.6 is 0 Å². The third-order valence-corrected chi connectivity index (χ3v) is 2.38. The molecular weight excluding hydrogens is 243 g/mol. The Labute approximate surface area is 101 Å². The molecular formula is C12H10F3N3. The summed E-state index contributed by atoms with van der Waals surface area (Å²) >= 11 is 0. The van der Waals surface area contributed by atoms with Crippen LogP contribution in [0.5, 0.6) is 0 Å². The standard InChI is InChI=1S/C12H10F3N3/c1-7-2-4-8(5-3-7)9-6-10(12(13,14)15)18-11(16)17-9/h2-6H,1H3,(H2,16,17,18). The van der Waals surface area contributed by atoms with Gasteiger partial charge in [0.15, 0.2) is 5.69 Å². The van der Waals surface area contributed by atoms with E-state index in [1.165, 1.54) is 0 Å². The monoisotopic (exact) mass is 253 g/mol. The van der Waals surface area contributed by atoms with Crippen molar-refractivity contribution in [3.63, 3.8) is 0 Å². The molecule has 0 fully saturated rings. The fourth-order valence-electron chi connectivity index (χ4n) is 1.48. The summed E-state index contributed by atoms with van der Waals surface area (Å²) in [5.41, 5.74) is 6.01. The molecule has 2 N–H and O–H groups in total. The summed E-state index contributed by atoms with van der Waals surface area (Å²) < 4.78 is 37.7. The van der Waals surface area contributed by atoms with Crippen LogP contribution in [0.1, 0.15) is 11.3 Å². The lowest BCUT2D eigenvalue weighted by atomic mass is 10.1. The molecule has 18 heavy (non-hydrogen) atoms. The lowest BCUT2D eigenvalue weighted by Crippen LogP contribution is -2.11. The zero-order valence-corrected chi connectivity index (χ0v) is 9.49. The van der Waals surface area contributed by atoms with Crippen molar-refractivity contribution in [1.82, 2.24) is 9.97 Å². The summed E-state index contributed by atoms with van der Waals surface area (Å²) in [5, 5.41) is 0. The SMILES string of the molecule is Cc1ccc(-c2cc(C(F)(F)F)nc(N)n2)cc1. The normalized spacial score (nSPS) is 11.6. The molecule has 0 bridgehead atoms. The summed E-state index contributed by atoms with van der Waals surface area (Å²) in [6, 6.07) is 7.86. The molecule has 0 aliphatic heterocycles. The molecule has 0 radical (unpaired) electrons. The Hall–Kier alpha value is -2.11. The molecule has 2 rings (SSSR count). The minimum absolute atomic E-state index is 0.162. The quantitative estimate of drug-likeness (QED) is 0.849. The van der Waals surface area contributed by atoms with Crippen LogP contribution in [-0.4, -0.2) is 9.97 Å². The molecule has 94 valence electrons. The van der Waals surface area contributed by atoms with Gasteiger partial charge in [0.1, 0.15) is 0 Å². The van der Waals surface area contributed by atoms with Crippen molar-refractivity contribution in [2.24, 2.45) is 0 Å². The topological polar surface area (TPSA) is 51.8 Å². The van der Waals surface area contributed by atoms with Crippen LogP contribution in [0.3, 0.4) is 0 Å². The molecule has 1 aromatic heterocycles. The minimum Gasteiger partial charge on any atom is -0.368 e. The molecule has 0 spiro atoms. The van der Waals surface area contributed by atoms with E-state index < -0.39 is 11.9 Å². The summed E-state index contributed by atoms with van der Waals surface area (Å²) in [6.07, 6.45) is -4.53. The van der Waals surface area contributed by atoms with E-state index in [1.807, 2.05) is 6.92 Å². The van der Waals surface area contributed by atoms with E-state index in [2.05, 4.69) is 9.97 Å². The highest BCUT2D eigenvalue weighted by atomic mass is 19.4. The van der Waals surface area contributed by atoms with Gasteiger partial charge in [-0.05, 0) is 13.0 Å². The van der Waals surface area contributed by atoms with Crippen LogP contribution in [0.15, 0.2) is 30.3 Å². The first-order valence-electron chi connectivity index (χ1n) is 5.15. The number of hydrogen-bond donors (Lipinski definition) is 1. The Morgan fingerprint density at radius 3 is 2.22 bits per heavy atom. The van der Waals surface area contributed by atoms with Gasteiger partial charge >= 0.3 is 6.18 Å². The van der Waals surface area contributed by atoms with Crippen LogP contribution in [0.25, 0.3) is 11.3 Å². The fraction of sp³-hybridized carbons (Fsp3) is 0.167. The summed E-state index contributed by atoms with van der Waals surface area (Å²) in [6.45, 7) is 1.89. The Bertz CT molecular complexity index is 562. The van der Waals surface area contributed by atoms with Crippen molar-refractivity contribution in [2.75, 3.05) is 5.73 Å². The number of anilines is 1. The fourth-order valence-corrected chi connectivity index (χ4v) is 1.48. The van der Waals surface area contributed by atoms with Gasteiger partial charge in [0.05, 0.1) is 5.69 Å². The van der Waals surface area contributed by atoms with Crippen LogP contribution in [0.4, 0.5) is 19.1 Å². The van der Waals surface area contributed by atoms with E-state index >= 15 is 0 Å². The first-order valence-corrected chi connectivity index (χ1v) is 5.15. The lowest BCUT2D eigenvalue weighted by Gasteiger charge is -2.08. The predicted molar refractivity (Wildman–Crippen MR) is 61.6 cm³/mol. The number of hydrogen-bond acceptors (Lipinski definition) is 3. The number of nitrogens with zero attached hydrogens (tertiary/aromatic N) is 2. The van der Waals surface area contributed by atoms with Crippen molar-refractivity contribution >= 4 is 5.95 Å². The average Bonchev–Trinajstić information content (AvgIpc) is 2.28. The van der Waals surface area contributed by atoms with Gasteiger partial charge in [0, 0.05) is 5.56 Å². The first kappa shape index (κ1) is 12.3. The number of nitrogens with two attached hydrogens (primary N) is 1. The maximum atomic E-state index is 12.6. The van der Waals surface area contributed by atoms with Crippen molar-refractivity contribution in [3.05, 3.63) is 41.6 Å². The number of aryl methyl sites for hydroxylation is 1. The second kappa shape index (κ2) is 4.29. The van der Waals surface area contributed by atoms with E-state index in [1.54, 1.807) is 24.3 Å². The zero-order valence-electron chi connectivity index (χ0n) is 9.49. The predicted octanol–water partition coefficient (Wildman–Crippen LogP) is 3.05. The smallest absolute Gasteiger partial charge is 0.368 e. The third-order valence-electron chi connectivity index (χ3n) is 2.38. The summed E-state index contributed by atoms with van der Waals surface area (Å²) in [4.78, 5) is 7.00. The van der Waals surface area contributed by atoms with Crippen molar-refractivity contribution in [1.29, 1.82) is 0 Å². The van der Waals surface area contributed by atoms with E-state index in [0.29, 0.717) is 5.56 Å². The van der Waals surface area contributed by atoms with E-state index in [0.717, 1.165) is 11.6 Å². The highest BCUT2D eigenvalue weighted by molar-refractivity contribution is 5.61. The molecule has 0 amide bonds. The van der Waals surface area contributed by atoms with Gasteiger partial charge in [-0.25, -0.2) is 9.97 Å². The number of halogens is 3. The van der Waals surface area contributed by atoms with E-state index in [9.17, 15) is 13.2 Å². The lowest BCUT2D eigenvalue weighted by molar-refractivity contribution is -0.141. The molecule has 1 heterocycles. The largest absolute Gasteiger partial charge is 0.433 e. The molecule has 0 saturated heterocycles. The Morgan fingerprint density at radius 2 is 1.67 bits per heavy atom. The van der Waals surface area contributed by atoms with Gasteiger partial charge in [-0.1, -0.05) is 29.8 Å². The van der Waals surface area contributed by atoms with E-state index in [4.69, 9.17) is 5.73 Å². The maximum absolute atomic E-state index is 12.6. The van der Waals surface area contributed by atoms with Crippen LogP contribution in [-0.2, 0) is 6.18 Å². The molecule has 6 heteroatoms. The van der Waals surface area contributed by atoms with Gasteiger partial charge in [-0.15, -0.1) is 0 Å². The van der Waals surface area contributed by atoms with Gasteiger partial charge in [0.2, 0.25) is 5.95 Å². The van der Waals surface area contributed by atoms with Gasteiger partial charge in [-0.3, -0.25) is 0 Å². The summed E-state index contributed by atoms with van der Waals surface area (Å²) in [7, 11) is 0. The number of nitrogen functional groups attached to an aromatic ring is 1. The number of aromatic nitrogens is 2. The summed E-state index contributed by atoms with van der Waals surface area (Å²) in [5.74, 6) is -0.389. The maximum Gasteiger partial charge on any atom is 0.433 e. The number of alkyl halides is 3. The molecule has 0 atom stereocenters. The van der Waals surface area contributed by atoms with Crippen LogP contribution in [0.2, 0.25) is 0 Å². The second-order valence-corrected chi connectivity index (χ2v) is 3.86. The van der Waals surface area contributed by atoms with Crippen LogP contribution in [0, 0.1) is 6.92 Å². The molecule has 2 aromatic rings. The molecule has 0 unspecified atom stereocenters. The molecule has 0 aliphatic carbocycles. The molecule has 0 saturated carbocycles. The molecule has 0 aliphatic rings. The number of benzene rings is 1.